The largest absolute Gasteiger partial charge is 0.352 e. The first-order valence-electron chi connectivity index (χ1n) is 8.38. The topological polar surface area (TPSA) is 61.4 Å². The number of nitrogens with zero attached hydrogens (tertiary/aromatic N) is 1. The number of hydrogen-bond acceptors (Lipinski definition) is 3. The fourth-order valence-electron chi connectivity index (χ4n) is 3.13. The molecule has 2 N–H and O–H groups in total. The van der Waals surface area contributed by atoms with E-state index in [4.69, 9.17) is 0 Å². The van der Waals surface area contributed by atoms with Crippen molar-refractivity contribution in [2.75, 3.05) is 19.6 Å². The van der Waals surface area contributed by atoms with E-state index in [-0.39, 0.29) is 23.9 Å². The summed E-state index contributed by atoms with van der Waals surface area (Å²) in [5.41, 5.74) is 0. The molecule has 21 heavy (non-hydrogen) atoms. The molecule has 2 fully saturated rings. The Hall–Kier alpha value is -1.10. The van der Waals surface area contributed by atoms with Crippen molar-refractivity contribution >= 4 is 11.8 Å². The number of likely N-dealkylation sites (tertiary alicyclic amines) is 1. The Bertz CT molecular complexity index is 357. The smallest absolute Gasteiger partial charge is 0.237 e. The average molecular weight is 295 g/mol. The van der Waals surface area contributed by atoms with Gasteiger partial charge in [-0.05, 0) is 38.1 Å². The predicted octanol–water partition coefficient (Wildman–Crippen LogP) is 1.28. The normalized spacial score (nSPS) is 24.1. The number of carbonyl (C=O) groups excluding carboxylic acids is 2. The molecule has 2 heterocycles. The lowest BCUT2D eigenvalue weighted by Gasteiger charge is -2.34. The molecule has 2 aliphatic rings. The highest BCUT2D eigenvalue weighted by atomic mass is 16.2. The SMILES string of the molecule is CC(C)CC(=O)N1CCC(NC(=O)C2CCCCN2)CC1. The summed E-state index contributed by atoms with van der Waals surface area (Å²) in [4.78, 5) is 26.1. The second-order valence-electron chi connectivity index (χ2n) is 6.76. The summed E-state index contributed by atoms with van der Waals surface area (Å²) in [5.74, 6) is 0.803. The van der Waals surface area contributed by atoms with Gasteiger partial charge in [0.15, 0.2) is 0 Å². The van der Waals surface area contributed by atoms with E-state index in [1.807, 2.05) is 4.90 Å². The van der Waals surface area contributed by atoms with Crippen molar-refractivity contribution < 1.29 is 9.59 Å². The van der Waals surface area contributed by atoms with Crippen LogP contribution in [0.4, 0.5) is 0 Å². The lowest BCUT2D eigenvalue weighted by molar-refractivity contribution is -0.133. The second kappa shape index (κ2) is 7.78. The van der Waals surface area contributed by atoms with E-state index in [0.717, 1.165) is 45.3 Å². The molecular weight excluding hydrogens is 266 g/mol. The van der Waals surface area contributed by atoms with Gasteiger partial charge in [0.05, 0.1) is 6.04 Å². The molecule has 0 bridgehead atoms. The van der Waals surface area contributed by atoms with Crippen LogP contribution in [0.5, 0.6) is 0 Å². The van der Waals surface area contributed by atoms with Crippen LogP contribution in [0.1, 0.15) is 52.4 Å². The molecule has 5 heteroatoms. The number of piperidine rings is 2. The lowest BCUT2D eigenvalue weighted by atomic mass is 10.0. The zero-order valence-corrected chi connectivity index (χ0v) is 13.4. The second-order valence-corrected chi connectivity index (χ2v) is 6.76. The van der Waals surface area contributed by atoms with Gasteiger partial charge in [0.25, 0.3) is 0 Å². The molecule has 0 aliphatic carbocycles. The zero-order valence-electron chi connectivity index (χ0n) is 13.4. The fraction of sp³-hybridized carbons (Fsp3) is 0.875. The molecule has 5 nitrogen and oxygen atoms in total. The van der Waals surface area contributed by atoms with Crippen LogP contribution in [0, 0.1) is 5.92 Å². The first-order chi connectivity index (χ1) is 10.1. The minimum atomic E-state index is -0.0145. The number of hydrogen-bond donors (Lipinski definition) is 2. The minimum absolute atomic E-state index is 0.0145. The van der Waals surface area contributed by atoms with Gasteiger partial charge in [-0.1, -0.05) is 20.3 Å². The van der Waals surface area contributed by atoms with Gasteiger partial charge < -0.3 is 15.5 Å². The highest BCUT2D eigenvalue weighted by molar-refractivity contribution is 5.82. The van der Waals surface area contributed by atoms with Gasteiger partial charge >= 0.3 is 0 Å². The number of rotatable bonds is 4. The fourth-order valence-corrected chi connectivity index (χ4v) is 3.13. The molecule has 2 rings (SSSR count). The third-order valence-corrected chi connectivity index (χ3v) is 4.40. The minimum Gasteiger partial charge on any atom is -0.352 e. The Morgan fingerprint density at radius 3 is 2.48 bits per heavy atom. The summed E-state index contributed by atoms with van der Waals surface area (Å²) < 4.78 is 0. The molecule has 2 amide bonds. The molecule has 0 aromatic heterocycles. The first-order valence-corrected chi connectivity index (χ1v) is 8.38. The molecule has 0 saturated carbocycles. The van der Waals surface area contributed by atoms with Gasteiger partial charge in [0, 0.05) is 25.6 Å². The summed E-state index contributed by atoms with van der Waals surface area (Å²) in [6.07, 6.45) is 5.62. The number of carbonyl (C=O) groups is 2. The lowest BCUT2D eigenvalue weighted by Crippen LogP contribution is -2.52. The monoisotopic (exact) mass is 295 g/mol. The van der Waals surface area contributed by atoms with E-state index in [9.17, 15) is 9.59 Å². The Balaban J connectivity index is 1.71. The van der Waals surface area contributed by atoms with Crippen molar-refractivity contribution in [1.82, 2.24) is 15.5 Å². The van der Waals surface area contributed by atoms with E-state index >= 15 is 0 Å². The Morgan fingerprint density at radius 1 is 1.19 bits per heavy atom. The molecule has 0 aromatic rings. The van der Waals surface area contributed by atoms with E-state index in [2.05, 4.69) is 24.5 Å². The van der Waals surface area contributed by atoms with Crippen molar-refractivity contribution in [2.45, 2.75) is 64.5 Å². The Labute approximate surface area is 127 Å². The van der Waals surface area contributed by atoms with Gasteiger partial charge in [-0.3, -0.25) is 9.59 Å². The van der Waals surface area contributed by atoms with E-state index < -0.39 is 0 Å². The predicted molar refractivity (Wildman–Crippen MR) is 82.8 cm³/mol. The molecule has 1 atom stereocenters. The summed E-state index contributed by atoms with van der Waals surface area (Å²) in [7, 11) is 0. The quantitative estimate of drug-likeness (QED) is 0.821. The summed E-state index contributed by atoms with van der Waals surface area (Å²) in [6.45, 7) is 6.63. The van der Waals surface area contributed by atoms with Crippen LogP contribution in [-0.2, 0) is 9.59 Å². The maximum atomic E-state index is 12.2. The standard InChI is InChI=1S/C16H29N3O2/c1-12(2)11-15(20)19-9-6-13(7-10-19)18-16(21)14-5-3-4-8-17-14/h12-14,17H,3-11H2,1-2H3,(H,18,21). The highest BCUT2D eigenvalue weighted by Gasteiger charge is 2.27. The Kier molecular flexibility index (Phi) is 6.03. The van der Waals surface area contributed by atoms with Crippen LogP contribution in [0.25, 0.3) is 0 Å². The molecule has 0 radical (unpaired) electrons. The van der Waals surface area contributed by atoms with Crippen LogP contribution in [0.2, 0.25) is 0 Å². The molecule has 120 valence electrons. The maximum absolute atomic E-state index is 12.2. The van der Waals surface area contributed by atoms with Crippen molar-refractivity contribution in [1.29, 1.82) is 0 Å². The molecule has 1 unspecified atom stereocenters. The third-order valence-electron chi connectivity index (χ3n) is 4.40. The Morgan fingerprint density at radius 2 is 1.90 bits per heavy atom. The van der Waals surface area contributed by atoms with Crippen LogP contribution in [-0.4, -0.2) is 48.4 Å². The van der Waals surface area contributed by atoms with Gasteiger partial charge in [-0.25, -0.2) is 0 Å². The van der Waals surface area contributed by atoms with Crippen LogP contribution >= 0.6 is 0 Å². The average Bonchev–Trinajstić information content (AvgIpc) is 2.48. The number of amides is 2. The van der Waals surface area contributed by atoms with Crippen LogP contribution in [0.3, 0.4) is 0 Å². The van der Waals surface area contributed by atoms with Gasteiger partial charge in [0.1, 0.15) is 0 Å². The van der Waals surface area contributed by atoms with E-state index in [1.54, 1.807) is 0 Å². The summed E-state index contributed by atoms with van der Waals surface area (Å²) in [6, 6.07) is 0.212. The third kappa shape index (κ3) is 4.99. The van der Waals surface area contributed by atoms with Gasteiger partial charge in [0.2, 0.25) is 11.8 Å². The molecule has 0 spiro atoms. The van der Waals surface area contributed by atoms with Gasteiger partial charge in [-0.15, -0.1) is 0 Å². The zero-order chi connectivity index (χ0) is 15.2. The van der Waals surface area contributed by atoms with E-state index in [0.29, 0.717) is 12.3 Å². The number of nitrogens with one attached hydrogen (secondary N) is 2. The van der Waals surface area contributed by atoms with Crippen molar-refractivity contribution in [2.24, 2.45) is 5.92 Å². The summed E-state index contributed by atoms with van der Waals surface area (Å²) in [5, 5.41) is 6.43. The summed E-state index contributed by atoms with van der Waals surface area (Å²) >= 11 is 0. The molecule has 2 aliphatic heterocycles. The van der Waals surface area contributed by atoms with Crippen molar-refractivity contribution in [3.05, 3.63) is 0 Å². The van der Waals surface area contributed by atoms with Crippen molar-refractivity contribution in [3.8, 4) is 0 Å². The van der Waals surface area contributed by atoms with Crippen LogP contribution < -0.4 is 10.6 Å². The van der Waals surface area contributed by atoms with Gasteiger partial charge in [-0.2, -0.15) is 0 Å². The van der Waals surface area contributed by atoms with E-state index in [1.165, 1.54) is 6.42 Å². The highest BCUT2D eigenvalue weighted by Crippen LogP contribution is 2.14. The van der Waals surface area contributed by atoms with Crippen LogP contribution in [0.15, 0.2) is 0 Å². The molecule has 0 aromatic carbocycles. The first kappa shape index (κ1) is 16.3. The van der Waals surface area contributed by atoms with Crippen molar-refractivity contribution in [3.63, 3.8) is 0 Å². The maximum Gasteiger partial charge on any atom is 0.237 e. The molecular formula is C16H29N3O2. The molecule has 2 saturated heterocycles.